The maximum Gasteiger partial charge on any atom is 0.101 e. The average molecular weight is 273 g/mol. The molecule has 1 aromatic heterocycles. The Morgan fingerprint density at radius 3 is 2.74 bits per heavy atom. The van der Waals surface area contributed by atoms with Crippen LogP contribution in [-0.4, -0.2) is 9.97 Å². The second kappa shape index (κ2) is 5.68. The number of rotatable bonds is 3. The van der Waals surface area contributed by atoms with E-state index in [2.05, 4.69) is 21.4 Å². The number of nitrogens with one attached hydrogen (secondary N) is 1. The normalized spacial score (nSPS) is 11.7. The molecular weight excluding hydrogens is 260 g/mol. The van der Waals surface area contributed by atoms with Gasteiger partial charge >= 0.3 is 0 Å². The molecule has 5 heteroatoms. The number of anilines is 1. The van der Waals surface area contributed by atoms with Crippen molar-refractivity contribution in [2.45, 2.75) is 19.9 Å². The Labute approximate surface area is 117 Å². The lowest BCUT2D eigenvalue weighted by Crippen LogP contribution is -2.11. The summed E-state index contributed by atoms with van der Waals surface area (Å²) in [5.74, 6) is 0. The summed E-state index contributed by atoms with van der Waals surface area (Å²) < 4.78 is 0. The summed E-state index contributed by atoms with van der Waals surface area (Å²) in [6.45, 7) is 3.92. The van der Waals surface area contributed by atoms with Gasteiger partial charge in [-0.3, -0.25) is 9.97 Å². The van der Waals surface area contributed by atoms with Gasteiger partial charge in [0.1, 0.15) is 6.07 Å². The Kier molecular flexibility index (Phi) is 3.98. The highest BCUT2D eigenvalue weighted by Gasteiger charge is 2.11. The molecule has 0 aliphatic rings. The molecule has 2 aromatic rings. The molecule has 1 unspecified atom stereocenters. The summed E-state index contributed by atoms with van der Waals surface area (Å²) in [7, 11) is 0. The van der Waals surface area contributed by atoms with Crippen LogP contribution in [-0.2, 0) is 0 Å². The van der Waals surface area contributed by atoms with Crippen LogP contribution in [0.25, 0.3) is 0 Å². The summed E-state index contributed by atoms with van der Waals surface area (Å²) in [6.07, 6.45) is 3.34. The molecule has 1 N–H and O–H groups in total. The molecule has 0 spiro atoms. The van der Waals surface area contributed by atoms with Crippen LogP contribution in [0.5, 0.6) is 0 Å². The van der Waals surface area contributed by atoms with Crippen molar-refractivity contribution < 1.29 is 0 Å². The first-order valence-electron chi connectivity index (χ1n) is 5.85. The van der Waals surface area contributed by atoms with Gasteiger partial charge in [-0.1, -0.05) is 11.6 Å². The predicted molar refractivity (Wildman–Crippen MR) is 75.0 cm³/mol. The third-order valence-electron chi connectivity index (χ3n) is 2.80. The van der Waals surface area contributed by atoms with Gasteiger partial charge in [0.2, 0.25) is 0 Å². The van der Waals surface area contributed by atoms with Crippen LogP contribution in [0.1, 0.15) is 29.9 Å². The average Bonchev–Trinajstić information content (AvgIpc) is 2.41. The fraction of sp³-hybridized carbons (Fsp3) is 0.214. The number of hydrogen-bond acceptors (Lipinski definition) is 4. The molecule has 96 valence electrons. The van der Waals surface area contributed by atoms with Crippen LogP contribution in [0.4, 0.5) is 5.69 Å². The molecule has 1 heterocycles. The van der Waals surface area contributed by atoms with E-state index in [1.807, 2.05) is 19.9 Å². The van der Waals surface area contributed by atoms with Crippen LogP contribution < -0.4 is 5.32 Å². The van der Waals surface area contributed by atoms with Crippen molar-refractivity contribution in [2.75, 3.05) is 5.32 Å². The number of halogens is 1. The minimum atomic E-state index is 0.00131. The highest BCUT2D eigenvalue weighted by Crippen LogP contribution is 2.23. The third kappa shape index (κ3) is 3.01. The molecule has 19 heavy (non-hydrogen) atoms. The molecular formula is C14H13ClN4. The lowest BCUT2D eigenvalue weighted by molar-refractivity contribution is 0.810. The third-order valence-corrected chi connectivity index (χ3v) is 3.13. The minimum Gasteiger partial charge on any atom is -0.377 e. The van der Waals surface area contributed by atoms with Gasteiger partial charge in [-0.2, -0.15) is 5.26 Å². The molecule has 0 aliphatic carbocycles. The Morgan fingerprint density at radius 2 is 2.05 bits per heavy atom. The van der Waals surface area contributed by atoms with Gasteiger partial charge < -0.3 is 5.32 Å². The Bertz CT molecular complexity index is 634. The largest absolute Gasteiger partial charge is 0.377 e. The van der Waals surface area contributed by atoms with Gasteiger partial charge in [0.25, 0.3) is 0 Å². The summed E-state index contributed by atoms with van der Waals surface area (Å²) in [5, 5.41) is 12.7. The van der Waals surface area contributed by atoms with Crippen molar-refractivity contribution in [3.63, 3.8) is 0 Å². The topological polar surface area (TPSA) is 61.6 Å². The highest BCUT2D eigenvalue weighted by atomic mass is 35.5. The fourth-order valence-corrected chi connectivity index (χ4v) is 2.02. The standard InChI is InChI=1S/C14H13ClN4/c1-9-14(18-6-5-17-9)10(2)19-12-3-4-13(15)11(7-12)8-16/h3-7,10,19H,1-2H3. The van der Waals surface area contributed by atoms with E-state index < -0.39 is 0 Å². The highest BCUT2D eigenvalue weighted by molar-refractivity contribution is 6.31. The second-order valence-corrected chi connectivity index (χ2v) is 4.61. The Morgan fingerprint density at radius 1 is 1.32 bits per heavy atom. The molecule has 0 bridgehead atoms. The molecule has 0 aliphatic heterocycles. The van der Waals surface area contributed by atoms with Crippen LogP contribution >= 0.6 is 11.6 Å². The van der Waals surface area contributed by atoms with Crippen molar-refractivity contribution in [3.8, 4) is 6.07 Å². The van der Waals surface area contributed by atoms with E-state index in [1.165, 1.54) is 0 Å². The fourth-order valence-electron chi connectivity index (χ4n) is 1.86. The second-order valence-electron chi connectivity index (χ2n) is 4.20. The maximum atomic E-state index is 8.95. The Hall–Kier alpha value is -2.12. The molecule has 0 radical (unpaired) electrons. The van der Waals surface area contributed by atoms with E-state index in [-0.39, 0.29) is 6.04 Å². The molecule has 0 amide bonds. The zero-order chi connectivity index (χ0) is 13.8. The number of aryl methyl sites for hydroxylation is 1. The first-order chi connectivity index (χ1) is 9.11. The van der Waals surface area contributed by atoms with Gasteiger partial charge in [0.15, 0.2) is 0 Å². The number of benzene rings is 1. The van der Waals surface area contributed by atoms with Crippen molar-refractivity contribution in [1.29, 1.82) is 5.26 Å². The Balaban J connectivity index is 2.22. The molecule has 1 aromatic carbocycles. The first kappa shape index (κ1) is 13.3. The van der Waals surface area contributed by atoms with Crippen molar-refractivity contribution in [1.82, 2.24) is 9.97 Å². The zero-order valence-corrected chi connectivity index (χ0v) is 11.4. The lowest BCUT2D eigenvalue weighted by atomic mass is 10.1. The van der Waals surface area contributed by atoms with Gasteiger partial charge in [-0.25, -0.2) is 0 Å². The molecule has 0 fully saturated rings. The van der Waals surface area contributed by atoms with Crippen molar-refractivity contribution in [2.24, 2.45) is 0 Å². The summed E-state index contributed by atoms with van der Waals surface area (Å²) in [6, 6.07) is 7.33. The molecule has 1 atom stereocenters. The van der Waals surface area contributed by atoms with Gasteiger partial charge in [0.05, 0.1) is 28.0 Å². The summed E-state index contributed by atoms with van der Waals surface area (Å²) in [4.78, 5) is 8.53. The van der Waals surface area contributed by atoms with E-state index in [4.69, 9.17) is 16.9 Å². The van der Waals surface area contributed by atoms with Crippen LogP contribution in [0.2, 0.25) is 5.02 Å². The van der Waals surface area contributed by atoms with E-state index in [0.29, 0.717) is 10.6 Å². The molecule has 2 rings (SSSR count). The van der Waals surface area contributed by atoms with Gasteiger partial charge in [-0.05, 0) is 32.0 Å². The first-order valence-corrected chi connectivity index (χ1v) is 6.23. The van der Waals surface area contributed by atoms with Gasteiger partial charge in [0, 0.05) is 18.1 Å². The number of aromatic nitrogens is 2. The van der Waals surface area contributed by atoms with Crippen LogP contribution in [0, 0.1) is 18.3 Å². The van der Waals surface area contributed by atoms with Crippen molar-refractivity contribution in [3.05, 3.63) is 52.6 Å². The predicted octanol–water partition coefficient (Wildman–Crippen LogP) is 3.48. The summed E-state index contributed by atoms with van der Waals surface area (Å²) >= 11 is 5.90. The number of nitriles is 1. The molecule has 4 nitrogen and oxygen atoms in total. The monoisotopic (exact) mass is 272 g/mol. The molecule has 0 saturated carbocycles. The zero-order valence-electron chi connectivity index (χ0n) is 10.7. The smallest absolute Gasteiger partial charge is 0.101 e. The quantitative estimate of drug-likeness (QED) is 0.929. The van der Waals surface area contributed by atoms with Crippen molar-refractivity contribution >= 4 is 17.3 Å². The van der Waals surface area contributed by atoms with Crippen LogP contribution in [0.15, 0.2) is 30.6 Å². The van der Waals surface area contributed by atoms with E-state index >= 15 is 0 Å². The lowest BCUT2D eigenvalue weighted by Gasteiger charge is -2.16. The molecule has 0 saturated heterocycles. The number of hydrogen-bond donors (Lipinski definition) is 1. The maximum absolute atomic E-state index is 8.95. The number of nitrogens with zero attached hydrogens (tertiary/aromatic N) is 3. The van der Waals surface area contributed by atoms with E-state index in [0.717, 1.165) is 17.1 Å². The van der Waals surface area contributed by atoms with Crippen LogP contribution in [0.3, 0.4) is 0 Å². The van der Waals surface area contributed by atoms with E-state index in [9.17, 15) is 0 Å². The van der Waals surface area contributed by atoms with Gasteiger partial charge in [-0.15, -0.1) is 0 Å². The SMILES string of the molecule is Cc1nccnc1C(C)Nc1ccc(Cl)c(C#N)c1. The van der Waals surface area contributed by atoms with E-state index in [1.54, 1.807) is 24.5 Å². The minimum absolute atomic E-state index is 0.00131. The summed E-state index contributed by atoms with van der Waals surface area (Å²) in [5.41, 5.74) is 3.06.